The van der Waals surface area contributed by atoms with Gasteiger partial charge in [0, 0.05) is 25.3 Å². The van der Waals surface area contributed by atoms with Crippen molar-refractivity contribution in [2.24, 2.45) is 0 Å². The molecule has 0 spiro atoms. The van der Waals surface area contributed by atoms with Gasteiger partial charge in [0.2, 0.25) is 10.0 Å². The molecular formula is C15H28N3O2S+. The predicted octanol–water partition coefficient (Wildman–Crippen LogP) is 0.268. The van der Waals surface area contributed by atoms with Gasteiger partial charge in [0.1, 0.15) is 6.04 Å². The molecule has 0 radical (unpaired) electrons. The third kappa shape index (κ3) is 5.65. The van der Waals surface area contributed by atoms with E-state index in [2.05, 4.69) is 29.0 Å². The third-order valence-corrected chi connectivity index (χ3v) is 5.04. The zero-order valence-electron chi connectivity index (χ0n) is 13.7. The molecule has 0 heterocycles. The summed E-state index contributed by atoms with van der Waals surface area (Å²) in [5.41, 5.74) is 2.28. The molecule has 1 aromatic carbocycles. The molecule has 1 aromatic rings. The SMILES string of the molecule is CCCS(=O)(=O)NC[C@@H](c1ccc(N(C)C)cc1)[NH+](C)C. The van der Waals surface area contributed by atoms with Crippen LogP contribution in [0.2, 0.25) is 0 Å². The van der Waals surface area contributed by atoms with Crippen molar-refractivity contribution < 1.29 is 13.3 Å². The molecule has 0 aromatic heterocycles. The van der Waals surface area contributed by atoms with Crippen LogP contribution in [0.3, 0.4) is 0 Å². The van der Waals surface area contributed by atoms with Gasteiger partial charge >= 0.3 is 0 Å². The lowest BCUT2D eigenvalue weighted by Gasteiger charge is -2.23. The van der Waals surface area contributed by atoms with Gasteiger partial charge in [-0.05, 0) is 18.6 Å². The van der Waals surface area contributed by atoms with E-state index in [9.17, 15) is 8.42 Å². The Labute approximate surface area is 129 Å². The average molecular weight is 314 g/mol. The summed E-state index contributed by atoms with van der Waals surface area (Å²) in [7, 11) is 4.92. The number of hydrogen-bond donors (Lipinski definition) is 2. The van der Waals surface area contributed by atoms with Crippen molar-refractivity contribution in [2.75, 3.05) is 45.4 Å². The van der Waals surface area contributed by atoms with Gasteiger partial charge in [-0.2, -0.15) is 0 Å². The molecule has 0 amide bonds. The largest absolute Gasteiger partial charge is 0.378 e. The van der Waals surface area contributed by atoms with Crippen molar-refractivity contribution in [3.05, 3.63) is 29.8 Å². The van der Waals surface area contributed by atoms with Crippen molar-refractivity contribution >= 4 is 15.7 Å². The Balaban J connectivity index is 2.82. The molecule has 0 saturated heterocycles. The highest BCUT2D eigenvalue weighted by atomic mass is 32.2. The summed E-state index contributed by atoms with van der Waals surface area (Å²) >= 11 is 0. The Kier molecular flexibility index (Phi) is 6.64. The number of nitrogens with one attached hydrogen (secondary N) is 2. The molecule has 0 aliphatic rings. The van der Waals surface area contributed by atoms with E-state index in [1.54, 1.807) is 0 Å². The summed E-state index contributed by atoms with van der Waals surface area (Å²) < 4.78 is 26.3. The Morgan fingerprint density at radius 1 is 1.19 bits per heavy atom. The fraction of sp³-hybridized carbons (Fsp3) is 0.600. The molecule has 0 bridgehead atoms. The first-order chi connectivity index (χ1) is 9.76. The third-order valence-electron chi connectivity index (χ3n) is 3.49. The first-order valence-corrected chi connectivity index (χ1v) is 8.96. The summed E-state index contributed by atoms with van der Waals surface area (Å²) in [6, 6.07) is 8.37. The van der Waals surface area contributed by atoms with Gasteiger partial charge in [-0.15, -0.1) is 0 Å². The molecular weight excluding hydrogens is 286 g/mol. The smallest absolute Gasteiger partial charge is 0.211 e. The number of nitrogens with zero attached hydrogens (tertiary/aromatic N) is 1. The maximum atomic E-state index is 11.8. The maximum absolute atomic E-state index is 11.8. The number of benzene rings is 1. The zero-order chi connectivity index (χ0) is 16.0. The van der Waals surface area contributed by atoms with Crippen molar-refractivity contribution in [1.29, 1.82) is 0 Å². The van der Waals surface area contributed by atoms with Crippen molar-refractivity contribution in [1.82, 2.24) is 4.72 Å². The van der Waals surface area contributed by atoms with Crippen LogP contribution in [-0.4, -0.2) is 48.9 Å². The van der Waals surface area contributed by atoms with Crippen LogP contribution in [0.25, 0.3) is 0 Å². The number of hydrogen-bond acceptors (Lipinski definition) is 3. The van der Waals surface area contributed by atoms with Crippen LogP contribution in [0, 0.1) is 0 Å². The minimum absolute atomic E-state index is 0.104. The van der Waals surface area contributed by atoms with Crippen molar-refractivity contribution in [3.63, 3.8) is 0 Å². The summed E-state index contributed by atoms with van der Waals surface area (Å²) in [4.78, 5) is 3.25. The minimum atomic E-state index is -3.16. The molecule has 0 aliphatic heterocycles. The molecule has 0 unspecified atom stereocenters. The van der Waals surface area contributed by atoms with E-state index in [1.807, 2.05) is 40.0 Å². The summed E-state index contributed by atoms with van der Waals surface area (Å²) in [6.45, 7) is 2.29. The van der Waals surface area contributed by atoms with Gasteiger partial charge in [0.05, 0.1) is 26.4 Å². The van der Waals surface area contributed by atoms with Gasteiger partial charge < -0.3 is 9.80 Å². The van der Waals surface area contributed by atoms with Crippen LogP contribution >= 0.6 is 0 Å². The number of quaternary nitrogens is 1. The molecule has 0 aliphatic carbocycles. The summed E-state index contributed by atoms with van der Waals surface area (Å²) in [6.07, 6.45) is 0.631. The average Bonchev–Trinajstić information content (AvgIpc) is 2.38. The topological polar surface area (TPSA) is 53.9 Å². The number of likely N-dealkylation sites (N-methyl/N-ethyl adjacent to an activating group) is 1. The Morgan fingerprint density at radius 3 is 2.19 bits per heavy atom. The van der Waals surface area contributed by atoms with E-state index in [4.69, 9.17) is 0 Å². The summed E-state index contributed by atoms with van der Waals surface area (Å²) in [5, 5.41) is 0. The fourth-order valence-electron chi connectivity index (χ4n) is 2.21. The van der Waals surface area contributed by atoms with E-state index in [0.717, 1.165) is 11.3 Å². The van der Waals surface area contributed by atoms with E-state index >= 15 is 0 Å². The van der Waals surface area contributed by atoms with Crippen molar-refractivity contribution in [3.8, 4) is 0 Å². The Bertz CT molecular complexity index is 524. The van der Waals surface area contributed by atoms with Gasteiger partial charge in [-0.25, -0.2) is 13.1 Å². The lowest BCUT2D eigenvalue weighted by molar-refractivity contribution is -0.890. The second-order valence-corrected chi connectivity index (χ2v) is 7.71. The van der Waals surface area contributed by atoms with Crippen LogP contribution in [0.5, 0.6) is 0 Å². The van der Waals surface area contributed by atoms with E-state index < -0.39 is 10.0 Å². The van der Waals surface area contributed by atoms with E-state index in [0.29, 0.717) is 13.0 Å². The molecule has 1 rings (SSSR count). The lowest BCUT2D eigenvalue weighted by atomic mass is 10.1. The maximum Gasteiger partial charge on any atom is 0.211 e. The molecule has 120 valence electrons. The lowest BCUT2D eigenvalue weighted by Crippen LogP contribution is -3.07. The highest BCUT2D eigenvalue weighted by molar-refractivity contribution is 7.89. The quantitative estimate of drug-likeness (QED) is 0.724. The molecule has 0 saturated carbocycles. The number of anilines is 1. The highest BCUT2D eigenvalue weighted by Crippen LogP contribution is 2.16. The molecule has 5 nitrogen and oxygen atoms in total. The molecule has 2 N–H and O–H groups in total. The molecule has 6 heteroatoms. The highest BCUT2D eigenvalue weighted by Gasteiger charge is 2.20. The van der Waals surface area contributed by atoms with E-state index in [-0.39, 0.29) is 11.8 Å². The van der Waals surface area contributed by atoms with E-state index in [1.165, 1.54) is 4.90 Å². The monoisotopic (exact) mass is 314 g/mol. The van der Waals surface area contributed by atoms with Gasteiger partial charge in [-0.3, -0.25) is 0 Å². The summed E-state index contributed by atoms with van der Waals surface area (Å²) in [5.74, 6) is 0.183. The molecule has 21 heavy (non-hydrogen) atoms. The van der Waals surface area contributed by atoms with Crippen molar-refractivity contribution in [2.45, 2.75) is 19.4 Å². The standard InChI is InChI=1S/C15H27N3O2S/c1-6-11-21(19,20)16-12-15(18(4)5)13-7-9-14(10-8-13)17(2)3/h7-10,15-16H,6,11-12H2,1-5H3/p+1/t15-/m0/s1. The van der Waals surface area contributed by atoms with Gasteiger partial charge in [0.25, 0.3) is 0 Å². The number of sulfonamides is 1. The molecule has 1 atom stereocenters. The Morgan fingerprint density at radius 2 is 1.76 bits per heavy atom. The number of rotatable bonds is 8. The Hall–Kier alpha value is -1.11. The van der Waals surface area contributed by atoms with Gasteiger partial charge in [-0.1, -0.05) is 19.1 Å². The van der Waals surface area contributed by atoms with Gasteiger partial charge in [0.15, 0.2) is 0 Å². The zero-order valence-corrected chi connectivity index (χ0v) is 14.5. The molecule has 0 fully saturated rings. The van der Waals surface area contributed by atoms with Crippen LogP contribution in [0.1, 0.15) is 24.9 Å². The first-order valence-electron chi connectivity index (χ1n) is 7.31. The van der Waals surface area contributed by atoms with Crippen LogP contribution in [-0.2, 0) is 10.0 Å². The first kappa shape index (κ1) is 17.9. The minimum Gasteiger partial charge on any atom is -0.378 e. The van der Waals surface area contributed by atoms with Crippen LogP contribution in [0.15, 0.2) is 24.3 Å². The fourth-order valence-corrected chi connectivity index (χ4v) is 3.31. The van der Waals surface area contributed by atoms with Crippen LogP contribution < -0.4 is 14.5 Å². The second-order valence-electron chi connectivity index (χ2n) is 5.78. The second kappa shape index (κ2) is 7.77. The predicted molar refractivity (Wildman–Crippen MR) is 88.4 cm³/mol. The normalized spacial score (nSPS) is 13.4. The van der Waals surface area contributed by atoms with Crippen LogP contribution in [0.4, 0.5) is 5.69 Å².